The van der Waals surface area contributed by atoms with Crippen molar-refractivity contribution < 1.29 is 4.39 Å². The number of halogens is 2. The van der Waals surface area contributed by atoms with Gasteiger partial charge in [0, 0.05) is 19.5 Å². The van der Waals surface area contributed by atoms with Crippen LogP contribution in [-0.4, -0.2) is 32.7 Å². The number of nitrogens with zero attached hydrogens (tertiary/aromatic N) is 5. The van der Waals surface area contributed by atoms with Gasteiger partial charge in [0.25, 0.3) is 0 Å². The first-order valence-corrected chi connectivity index (χ1v) is 9.96. The van der Waals surface area contributed by atoms with Gasteiger partial charge in [-0.1, -0.05) is 29.8 Å². The van der Waals surface area contributed by atoms with Crippen LogP contribution in [0.4, 0.5) is 10.2 Å². The largest absolute Gasteiger partial charge is 0.355 e. The van der Waals surface area contributed by atoms with Crippen molar-refractivity contribution >= 4 is 23.1 Å². The number of aromatic nitrogens is 4. The normalized spacial score (nSPS) is 18.4. The number of benzene rings is 1. The van der Waals surface area contributed by atoms with Crippen molar-refractivity contribution in [2.45, 2.75) is 38.0 Å². The lowest BCUT2D eigenvalue weighted by Crippen LogP contribution is -2.34. The first-order chi connectivity index (χ1) is 13.2. The smallest absolute Gasteiger partial charge is 0.184 e. The molecule has 0 spiro atoms. The second kappa shape index (κ2) is 6.75. The fourth-order valence-electron chi connectivity index (χ4n) is 4.01. The van der Waals surface area contributed by atoms with Crippen LogP contribution >= 0.6 is 11.6 Å². The Balaban J connectivity index is 1.35. The van der Waals surface area contributed by atoms with Gasteiger partial charge in [0.2, 0.25) is 0 Å². The summed E-state index contributed by atoms with van der Waals surface area (Å²) < 4.78 is 16.0. The Morgan fingerprint density at radius 1 is 1.07 bits per heavy atom. The molecule has 3 aromatic rings. The minimum atomic E-state index is -0.111. The molecule has 0 bridgehead atoms. The molecule has 2 aliphatic rings. The molecule has 0 amide bonds. The number of hydrogen-bond donors (Lipinski definition) is 0. The monoisotopic (exact) mass is 385 g/mol. The standard InChI is InChI=1S/C20H21ClFN5/c21-18-19(23-12-27-17(11-13-5-6-13)24-25-20(18)27)26-9-7-14(8-10-26)15-3-1-2-4-16(15)22/h1-4,12-14H,5-11H2. The van der Waals surface area contributed by atoms with Gasteiger partial charge in [-0.25, -0.2) is 9.37 Å². The average molecular weight is 386 g/mol. The van der Waals surface area contributed by atoms with Crippen molar-refractivity contribution in [3.8, 4) is 0 Å². The Bertz CT molecular complexity index is 976. The van der Waals surface area contributed by atoms with Crippen LogP contribution in [-0.2, 0) is 6.42 Å². The molecule has 5 nitrogen and oxygen atoms in total. The second-order valence-electron chi connectivity index (χ2n) is 7.62. The highest BCUT2D eigenvalue weighted by molar-refractivity contribution is 6.35. The van der Waals surface area contributed by atoms with E-state index < -0.39 is 0 Å². The summed E-state index contributed by atoms with van der Waals surface area (Å²) in [5, 5.41) is 9.16. The number of piperidine rings is 1. The van der Waals surface area contributed by atoms with Gasteiger partial charge in [-0.05, 0) is 49.1 Å². The molecule has 1 aliphatic heterocycles. The predicted molar refractivity (Wildman–Crippen MR) is 103 cm³/mol. The summed E-state index contributed by atoms with van der Waals surface area (Å²) in [7, 11) is 0. The van der Waals surface area contributed by atoms with Crippen LogP contribution in [0.2, 0.25) is 5.02 Å². The van der Waals surface area contributed by atoms with Crippen molar-refractivity contribution in [1.82, 2.24) is 19.6 Å². The highest BCUT2D eigenvalue weighted by atomic mass is 35.5. The molecular weight excluding hydrogens is 365 g/mol. The summed E-state index contributed by atoms with van der Waals surface area (Å²) in [5.74, 6) is 2.55. The number of anilines is 1. The van der Waals surface area contributed by atoms with E-state index in [1.807, 2.05) is 16.5 Å². The molecule has 7 heteroatoms. The van der Waals surface area contributed by atoms with Gasteiger partial charge in [-0.2, -0.15) is 0 Å². The van der Waals surface area contributed by atoms with E-state index in [-0.39, 0.29) is 11.7 Å². The van der Waals surface area contributed by atoms with Crippen LogP contribution in [0.15, 0.2) is 30.6 Å². The molecule has 140 valence electrons. The lowest BCUT2D eigenvalue weighted by molar-refractivity contribution is 0.479. The van der Waals surface area contributed by atoms with E-state index in [9.17, 15) is 4.39 Å². The van der Waals surface area contributed by atoms with Gasteiger partial charge >= 0.3 is 0 Å². The summed E-state index contributed by atoms with van der Waals surface area (Å²) in [6.07, 6.45) is 7.02. The Labute approximate surface area is 162 Å². The van der Waals surface area contributed by atoms with Gasteiger partial charge in [0.1, 0.15) is 23.0 Å². The molecule has 1 aliphatic carbocycles. The minimum Gasteiger partial charge on any atom is -0.355 e. The van der Waals surface area contributed by atoms with Gasteiger partial charge in [0.15, 0.2) is 11.5 Å². The Kier molecular flexibility index (Phi) is 4.23. The first-order valence-electron chi connectivity index (χ1n) is 9.58. The summed E-state index contributed by atoms with van der Waals surface area (Å²) in [4.78, 5) is 6.78. The van der Waals surface area contributed by atoms with Gasteiger partial charge in [-0.15, -0.1) is 10.2 Å². The van der Waals surface area contributed by atoms with Gasteiger partial charge in [0.05, 0.1) is 0 Å². The third-order valence-corrected chi connectivity index (χ3v) is 6.10. The lowest BCUT2D eigenvalue weighted by Gasteiger charge is -2.33. The van der Waals surface area contributed by atoms with E-state index in [4.69, 9.17) is 11.6 Å². The van der Waals surface area contributed by atoms with E-state index >= 15 is 0 Å². The van der Waals surface area contributed by atoms with E-state index in [2.05, 4.69) is 20.1 Å². The lowest BCUT2D eigenvalue weighted by atomic mass is 9.89. The van der Waals surface area contributed by atoms with Crippen molar-refractivity contribution in [2.75, 3.05) is 18.0 Å². The van der Waals surface area contributed by atoms with Crippen molar-refractivity contribution in [1.29, 1.82) is 0 Å². The zero-order valence-electron chi connectivity index (χ0n) is 15.0. The summed E-state index contributed by atoms with van der Waals surface area (Å²) >= 11 is 6.63. The van der Waals surface area contributed by atoms with E-state index in [0.717, 1.165) is 55.5 Å². The fourth-order valence-corrected chi connectivity index (χ4v) is 4.31. The molecule has 0 atom stereocenters. The molecule has 0 radical (unpaired) electrons. The number of fused-ring (bicyclic) bond motifs is 1. The van der Waals surface area contributed by atoms with Crippen molar-refractivity contribution in [3.63, 3.8) is 0 Å². The SMILES string of the molecule is Fc1ccccc1C1CCN(c2ncn3c(CC4CC4)nnc3c2Cl)CC1. The summed E-state index contributed by atoms with van der Waals surface area (Å²) in [6.45, 7) is 1.59. The maximum atomic E-state index is 14.1. The fraction of sp³-hybridized carbons (Fsp3) is 0.450. The second-order valence-corrected chi connectivity index (χ2v) is 8.00. The highest BCUT2D eigenvalue weighted by Crippen LogP contribution is 2.36. The maximum absolute atomic E-state index is 14.1. The van der Waals surface area contributed by atoms with Crippen LogP contribution in [0.1, 0.15) is 43.0 Å². The number of hydrogen-bond acceptors (Lipinski definition) is 4. The van der Waals surface area contributed by atoms with Crippen LogP contribution in [0.25, 0.3) is 5.65 Å². The highest BCUT2D eigenvalue weighted by Gasteiger charge is 2.27. The molecule has 1 saturated heterocycles. The third-order valence-electron chi connectivity index (χ3n) is 5.76. The average Bonchev–Trinajstić information content (AvgIpc) is 3.41. The number of rotatable bonds is 4. The first kappa shape index (κ1) is 16.9. The molecule has 3 heterocycles. The van der Waals surface area contributed by atoms with Gasteiger partial charge < -0.3 is 4.90 Å². The third kappa shape index (κ3) is 3.16. The molecule has 0 N–H and O–H groups in total. The molecule has 2 fully saturated rings. The molecule has 1 aromatic carbocycles. The van der Waals surface area contributed by atoms with Crippen molar-refractivity contribution in [3.05, 3.63) is 52.8 Å². The molecule has 2 aromatic heterocycles. The van der Waals surface area contributed by atoms with Crippen molar-refractivity contribution in [2.24, 2.45) is 5.92 Å². The predicted octanol–water partition coefficient (Wildman–Crippen LogP) is 4.25. The van der Waals surface area contributed by atoms with Crippen LogP contribution < -0.4 is 4.90 Å². The van der Waals surface area contributed by atoms with Gasteiger partial charge in [-0.3, -0.25) is 4.40 Å². The molecule has 27 heavy (non-hydrogen) atoms. The zero-order chi connectivity index (χ0) is 18.4. The van der Waals surface area contributed by atoms with Crippen LogP contribution in [0.5, 0.6) is 0 Å². The minimum absolute atomic E-state index is 0.111. The molecular formula is C20H21ClFN5. The zero-order valence-corrected chi connectivity index (χ0v) is 15.7. The molecule has 0 unspecified atom stereocenters. The van der Waals surface area contributed by atoms with E-state index in [1.165, 1.54) is 12.8 Å². The van der Waals surface area contributed by atoms with E-state index in [1.54, 1.807) is 18.5 Å². The Hall–Kier alpha value is -2.21. The molecule has 5 rings (SSSR count). The summed E-state index contributed by atoms with van der Waals surface area (Å²) in [6, 6.07) is 7.08. The topological polar surface area (TPSA) is 46.3 Å². The maximum Gasteiger partial charge on any atom is 0.184 e. The molecule has 1 saturated carbocycles. The van der Waals surface area contributed by atoms with Crippen LogP contribution in [0, 0.1) is 11.7 Å². The quantitative estimate of drug-likeness (QED) is 0.673. The van der Waals surface area contributed by atoms with Crippen LogP contribution in [0.3, 0.4) is 0 Å². The van der Waals surface area contributed by atoms with E-state index in [0.29, 0.717) is 10.7 Å². The Morgan fingerprint density at radius 3 is 2.59 bits per heavy atom. The Morgan fingerprint density at radius 2 is 1.85 bits per heavy atom. The summed E-state index contributed by atoms with van der Waals surface area (Å²) in [5.41, 5.74) is 1.49.